The van der Waals surface area contributed by atoms with Gasteiger partial charge in [-0.05, 0) is 64.2 Å². The van der Waals surface area contributed by atoms with E-state index in [1.165, 1.54) is 5.71 Å². The van der Waals surface area contributed by atoms with Crippen LogP contribution in [-0.2, 0) is 51.1 Å². The van der Waals surface area contributed by atoms with E-state index >= 15 is 0 Å². The maximum atomic E-state index is 11.7. The van der Waals surface area contributed by atoms with Gasteiger partial charge in [0, 0.05) is 56.3 Å². The van der Waals surface area contributed by atoms with Crippen molar-refractivity contribution in [3.8, 4) is 0 Å². The zero-order chi connectivity index (χ0) is 54.9. The summed E-state index contributed by atoms with van der Waals surface area (Å²) in [4.78, 5) is 43.9. The van der Waals surface area contributed by atoms with Gasteiger partial charge in [-0.1, -0.05) is 144 Å². The minimum atomic E-state index is -0.229. The number of aromatic nitrogens is 1. The SMILES string of the molecule is C=C([CH2-])N(C)c1[c-]cc([CH2-])cc1.CC.CC(C)(C)C1=NOC(C(C)(C)C)C1.CC(C)(C)C1CC(C(C)(C)C)C(=O)O1.CC(C)(C)C1CN(C(C)(C)C)C(=O)O1.CC(C)(C)c1cn(C(C)(C)C)oc1=O.[U+2].[W]. The number of oxime groups is 1. The monoisotopic (exact) mass is 1390 g/mol. The van der Waals surface area contributed by atoms with Gasteiger partial charge in [-0.3, -0.25) is 28.8 Å². The Balaban J connectivity index is -0.000000802. The zero-order valence-corrected chi connectivity index (χ0v) is 57.0. The number of rotatable bonds is 2. The Morgan fingerprint density at radius 1 is 0.718 bits per heavy atom. The third-order valence-corrected chi connectivity index (χ3v) is 11.9. The molecule has 2 fully saturated rings. The molecular formula is C58H101N4O7UW-. The summed E-state index contributed by atoms with van der Waals surface area (Å²) in [5.41, 5.74) is 4.34. The molecule has 0 aliphatic carbocycles. The smallest absolute Gasteiger partial charge is 0.462 e. The zero-order valence-electron chi connectivity index (χ0n) is 49.9. The van der Waals surface area contributed by atoms with Crippen LogP contribution in [0, 0.1) is 84.0 Å². The number of carbonyl (C=O) groups excluding carboxylic acids is 2. The van der Waals surface area contributed by atoms with Crippen molar-refractivity contribution in [2.75, 3.05) is 18.5 Å². The second-order valence-electron chi connectivity index (χ2n) is 26.8. The van der Waals surface area contributed by atoms with Gasteiger partial charge in [-0.2, -0.15) is 0 Å². The molecule has 3 aliphatic rings. The third kappa shape index (κ3) is 24.6. The summed E-state index contributed by atoms with van der Waals surface area (Å²) < 4.78 is 17.6. The molecule has 71 heavy (non-hydrogen) atoms. The van der Waals surface area contributed by atoms with Crippen LogP contribution in [0.5, 0.6) is 0 Å². The van der Waals surface area contributed by atoms with Crippen molar-refractivity contribution >= 4 is 23.5 Å². The molecule has 0 saturated carbocycles. The molecule has 0 spiro atoms. The van der Waals surface area contributed by atoms with E-state index in [9.17, 15) is 14.4 Å². The predicted molar refractivity (Wildman–Crippen MR) is 290 cm³/mol. The second-order valence-corrected chi connectivity index (χ2v) is 26.8. The van der Waals surface area contributed by atoms with Gasteiger partial charge in [0.15, 0.2) is 0 Å². The summed E-state index contributed by atoms with van der Waals surface area (Å²) in [5.74, 6) is 0.0455. The van der Waals surface area contributed by atoms with Crippen LogP contribution in [0.2, 0.25) is 0 Å². The predicted octanol–water partition coefficient (Wildman–Crippen LogP) is 14.9. The Morgan fingerprint density at radius 2 is 1.20 bits per heavy atom. The molecule has 406 valence electrons. The molecule has 1 amide bonds. The molecule has 0 N–H and O–H groups in total. The first kappa shape index (κ1) is 72.7. The van der Waals surface area contributed by atoms with Gasteiger partial charge in [0.1, 0.15) is 18.3 Å². The fraction of sp³-hybridized carbons (Fsp3) is 0.724. The van der Waals surface area contributed by atoms with Crippen molar-refractivity contribution < 1.29 is 80.6 Å². The Labute approximate surface area is 472 Å². The van der Waals surface area contributed by atoms with Gasteiger partial charge in [-0.15, -0.1) is 11.4 Å². The number of anilines is 1. The van der Waals surface area contributed by atoms with E-state index < -0.39 is 0 Å². The van der Waals surface area contributed by atoms with E-state index in [-0.39, 0.29) is 138 Å². The number of ether oxygens (including phenoxy) is 2. The minimum absolute atomic E-state index is 0. The summed E-state index contributed by atoms with van der Waals surface area (Å²) in [7, 11) is 1.91. The first-order valence-electron chi connectivity index (χ1n) is 24.9. The number of benzene rings is 1. The molecule has 4 heterocycles. The quantitative estimate of drug-likeness (QED) is 0.216. The maximum absolute atomic E-state index is 11.7. The summed E-state index contributed by atoms with van der Waals surface area (Å²) in [5, 5.41) is 4.17. The third-order valence-electron chi connectivity index (χ3n) is 11.9. The number of nitrogens with zero attached hydrogens (tertiary/aromatic N) is 4. The topological polar surface area (TPSA) is 116 Å². The van der Waals surface area contributed by atoms with Crippen LogP contribution < -0.4 is 10.5 Å². The van der Waals surface area contributed by atoms with Gasteiger partial charge in [-0.25, -0.2) is 40.0 Å². The number of esters is 1. The van der Waals surface area contributed by atoms with Crippen LogP contribution in [-0.4, -0.2) is 64.9 Å². The minimum Gasteiger partial charge on any atom is -0.462 e. The van der Waals surface area contributed by atoms with Crippen molar-refractivity contribution in [2.45, 2.75) is 228 Å². The normalized spacial score (nSPS) is 19.2. The molecule has 11 nitrogen and oxygen atoms in total. The average Bonchev–Trinajstić information content (AvgIpc) is 3.97. The number of hydrogen-bond acceptors (Lipinski definition) is 9. The number of amides is 1. The molecule has 0 radical (unpaired) electrons. The molecule has 4 unspecified atom stereocenters. The van der Waals surface area contributed by atoms with Crippen molar-refractivity contribution in [1.82, 2.24) is 9.64 Å². The number of cyclic esters (lactones) is 2. The van der Waals surface area contributed by atoms with Gasteiger partial charge in [0.05, 0.1) is 35.5 Å². The van der Waals surface area contributed by atoms with E-state index in [4.69, 9.17) is 18.8 Å². The van der Waals surface area contributed by atoms with Crippen LogP contribution in [0.15, 0.2) is 51.1 Å². The largest absolute Gasteiger partial charge is 2.00 e. The van der Waals surface area contributed by atoms with Crippen molar-refractivity contribution in [2.24, 2.45) is 38.1 Å². The van der Waals surface area contributed by atoms with Crippen LogP contribution in [0.1, 0.15) is 204 Å². The standard InChI is InChI=1S/C12H22O2.C11H21NO2.C11H19NO2.C11H21NO.C11H12N.C2H6.U.W/c1-11(2,3)8-7-9(12(4,5)6)14-10(8)13;1-10(2,3)8-7-12(9(13)14-8)11(4,5)6;1-10(2,3)8-7-12(11(4,5)6)14-9(8)13;1-10(2,3)8-7-9(13-12-8)11(4,5)6;1-9(2)12(4)11-7-5-10(3)6-8-11;1-2;;/h8-9H,7H2,1-6H3;8H,7H2,1-6H3;7H,1-6H3;9H,7H2,1-6H3;5-7H,1-3H2,4H3;1-2H3;;/q;;;;-3;;+2;. The molecule has 0 bridgehead atoms. The van der Waals surface area contributed by atoms with E-state index in [1.54, 1.807) is 9.64 Å². The Kier molecular flexibility index (Phi) is 28.5. The van der Waals surface area contributed by atoms with E-state index in [1.807, 2.05) is 113 Å². The maximum Gasteiger partial charge on any atom is 2.00 e. The molecule has 3 aliphatic heterocycles. The van der Waals surface area contributed by atoms with Crippen LogP contribution in [0.3, 0.4) is 0 Å². The summed E-state index contributed by atoms with van der Waals surface area (Å²) in [6, 6.07) is 8.80. The number of carbonyl (C=O) groups is 2. The second kappa shape index (κ2) is 27.8. The van der Waals surface area contributed by atoms with Crippen LogP contribution in [0.25, 0.3) is 0 Å². The Bertz CT molecular complexity index is 1960. The number of allylic oxidation sites excluding steroid dienone is 1. The molecule has 1 aromatic carbocycles. The summed E-state index contributed by atoms with van der Waals surface area (Å²) in [6.07, 6.45) is 3.81. The van der Waals surface area contributed by atoms with Crippen LogP contribution in [0.4, 0.5) is 10.5 Å². The molecule has 5 rings (SSSR count). The van der Waals surface area contributed by atoms with E-state index in [0.29, 0.717) is 6.54 Å². The van der Waals surface area contributed by atoms with E-state index in [2.05, 4.69) is 136 Å². The molecule has 4 atom stereocenters. The van der Waals surface area contributed by atoms with Gasteiger partial charge in [0.25, 0.3) is 0 Å². The first-order chi connectivity index (χ1) is 30.7. The molecule has 13 heteroatoms. The molecule has 2 saturated heterocycles. The fourth-order valence-electron chi connectivity index (χ4n) is 6.56. The number of hydrogen-bond donors (Lipinski definition) is 0. The van der Waals surface area contributed by atoms with Crippen molar-refractivity contribution in [1.29, 1.82) is 0 Å². The van der Waals surface area contributed by atoms with Gasteiger partial charge >= 0.3 is 48.8 Å². The Morgan fingerprint density at radius 3 is 1.44 bits per heavy atom. The summed E-state index contributed by atoms with van der Waals surface area (Å²) in [6.45, 7) is 66.1. The van der Waals surface area contributed by atoms with Crippen LogP contribution >= 0.6 is 0 Å². The molecular weight excluding hydrogens is 1290 g/mol. The average molecular weight is 1390 g/mol. The Hall–Kier alpha value is -2.54. The fourth-order valence-corrected chi connectivity index (χ4v) is 6.56. The molecule has 2 aromatic rings. The van der Waals surface area contributed by atoms with Crippen molar-refractivity contribution in [3.05, 3.63) is 78.1 Å². The molecule has 1 aromatic heterocycles. The van der Waals surface area contributed by atoms with E-state index in [0.717, 1.165) is 35.4 Å². The van der Waals surface area contributed by atoms with Crippen molar-refractivity contribution in [3.63, 3.8) is 0 Å². The first-order valence-corrected chi connectivity index (χ1v) is 24.9. The summed E-state index contributed by atoms with van der Waals surface area (Å²) >= 11 is 0. The van der Waals surface area contributed by atoms with Gasteiger partial charge < -0.3 is 29.3 Å². The van der Waals surface area contributed by atoms with Gasteiger partial charge in [0.2, 0.25) is 0 Å².